The van der Waals surface area contributed by atoms with Gasteiger partial charge in [0.15, 0.2) is 0 Å². The van der Waals surface area contributed by atoms with Crippen LogP contribution in [0.4, 0.5) is 5.69 Å². The molecule has 0 unspecified atom stereocenters. The molecular weight excluding hydrogens is 290 g/mol. The second-order valence-electron chi connectivity index (χ2n) is 6.25. The molecule has 4 aromatic carbocycles. The predicted octanol–water partition coefficient (Wildman–Crippen LogP) is 6.61. The lowest BCUT2D eigenvalue weighted by Crippen LogP contribution is -1.91. The van der Waals surface area contributed by atoms with Crippen LogP contribution < -0.4 is 0 Å². The molecule has 0 aromatic heterocycles. The van der Waals surface area contributed by atoms with Gasteiger partial charge in [0.1, 0.15) is 0 Å². The Morgan fingerprint density at radius 1 is 0.750 bits per heavy atom. The zero-order valence-corrected chi connectivity index (χ0v) is 14.0. The maximum Gasteiger partial charge on any atom is 0.0707 e. The summed E-state index contributed by atoms with van der Waals surface area (Å²) in [5.74, 6) is 0. The van der Waals surface area contributed by atoms with E-state index in [4.69, 9.17) is 0 Å². The summed E-state index contributed by atoms with van der Waals surface area (Å²) in [4.78, 5) is 4.30. The van der Waals surface area contributed by atoms with Crippen LogP contribution in [-0.2, 0) is 0 Å². The quantitative estimate of drug-likeness (QED) is 0.369. The SMILES string of the molecule is C=Nc1ccc2ccccc2c1-c1cc(C)c2ccccc2c1C. The van der Waals surface area contributed by atoms with Crippen molar-refractivity contribution in [1.29, 1.82) is 0 Å². The summed E-state index contributed by atoms with van der Waals surface area (Å²) in [6, 6.07) is 23.5. The molecular formula is C23H19N. The molecule has 0 saturated heterocycles. The van der Waals surface area contributed by atoms with E-state index in [2.05, 4.69) is 92.3 Å². The van der Waals surface area contributed by atoms with Crippen molar-refractivity contribution in [3.8, 4) is 11.1 Å². The minimum Gasteiger partial charge on any atom is -0.264 e. The molecule has 0 aliphatic carbocycles. The van der Waals surface area contributed by atoms with Crippen molar-refractivity contribution < 1.29 is 0 Å². The molecule has 0 atom stereocenters. The van der Waals surface area contributed by atoms with Gasteiger partial charge < -0.3 is 0 Å². The fraction of sp³-hybridized carbons (Fsp3) is 0.0870. The van der Waals surface area contributed by atoms with E-state index in [-0.39, 0.29) is 0 Å². The van der Waals surface area contributed by atoms with Crippen LogP contribution >= 0.6 is 0 Å². The molecule has 0 radical (unpaired) electrons. The highest BCUT2D eigenvalue weighted by Gasteiger charge is 2.14. The van der Waals surface area contributed by atoms with Crippen molar-refractivity contribution in [2.45, 2.75) is 13.8 Å². The van der Waals surface area contributed by atoms with Crippen LogP contribution in [0.1, 0.15) is 11.1 Å². The van der Waals surface area contributed by atoms with Crippen LogP contribution in [0.2, 0.25) is 0 Å². The summed E-state index contributed by atoms with van der Waals surface area (Å²) in [7, 11) is 0. The first kappa shape index (κ1) is 14.6. The maximum atomic E-state index is 4.30. The maximum absolute atomic E-state index is 4.30. The van der Waals surface area contributed by atoms with Crippen molar-refractivity contribution in [1.82, 2.24) is 0 Å². The van der Waals surface area contributed by atoms with E-state index in [1.54, 1.807) is 0 Å². The highest BCUT2D eigenvalue weighted by atomic mass is 14.7. The Balaban J connectivity index is 2.17. The summed E-state index contributed by atoms with van der Waals surface area (Å²) in [5.41, 5.74) is 5.93. The fourth-order valence-corrected chi connectivity index (χ4v) is 3.64. The molecule has 4 rings (SSSR count). The molecule has 0 aliphatic rings. The molecule has 0 amide bonds. The van der Waals surface area contributed by atoms with Crippen molar-refractivity contribution >= 4 is 33.9 Å². The van der Waals surface area contributed by atoms with Gasteiger partial charge in [0.2, 0.25) is 0 Å². The Labute approximate surface area is 142 Å². The van der Waals surface area contributed by atoms with Crippen molar-refractivity contribution in [3.63, 3.8) is 0 Å². The van der Waals surface area contributed by atoms with Gasteiger partial charge in [-0.2, -0.15) is 0 Å². The number of fused-ring (bicyclic) bond motifs is 2. The highest BCUT2D eigenvalue weighted by molar-refractivity contribution is 6.06. The lowest BCUT2D eigenvalue weighted by molar-refractivity contribution is 1.44. The Hall–Kier alpha value is -2.93. The fourth-order valence-electron chi connectivity index (χ4n) is 3.64. The third kappa shape index (κ3) is 2.13. The first-order chi connectivity index (χ1) is 11.7. The second-order valence-corrected chi connectivity index (χ2v) is 6.25. The topological polar surface area (TPSA) is 12.4 Å². The Bertz CT molecular complexity index is 1090. The smallest absolute Gasteiger partial charge is 0.0707 e. The van der Waals surface area contributed by atoms with Crippen LogP contribution in [0, 0.1) is 13.8 Å². The van der Waals surface area contributed by atoms with Gasteiger partial charge in [0.05, 0.1) is 5.69 Å². The average molecular weight is 309 g/mol. The van der Waals surface area contributed by atoms with Gasteiger partial charge in [0, 0.05) is 5.56 Å². The van der Waals surface area contributed by atoms with Crippen LogP contribution in [0.25, 0.3) is 32.7 Å². The number of hydrogen-bond acceptors (Lipinski definition) is 1. The van der Waals surface area contributed by atoms with E-state index in [1.165, 1.54) is 43.8 Å². The van der Waals surface area contributed by atoms with Crippen LogP contribution in [0.15, 0.2) is 71.7 Å². The molecule has 0 N–H and O–H groups in total. The van der Waals surface area contributed by atoms with E-state index in [0.29, 0.717) is 0 Å². The van der Waals surface area contributed by atoms with Gasteiger partial charge >= 0.3 is 0 Å². The summed E-state index contributed by atoms with van der Waals surface area (Å²) >= 11 is 0. The minimum absolute atomic E-state index is 0.937. The molecule has 0 spiro atoms. The average Bonchev–Trinajstić information content (AvgIpc) is 2.64. The third-order valence-corrected chi connectivity index (χ3v) is 4.87. The molecule has 4 aromatic rings. The van der Waals surface area contributed by atoms with Crippen molar-refractivity contribution in [2.24, 2.45) is 4.99 Å². The van der Waals surface area contributed by atoms with Crippen LogP contribution in [0.5, 0.6) is 0 Å². The van der Waals surface area contributed by atoms with Gasteiger partial charge in [-0.25, -0.2) is 0 Å². The minimum atomic E-state index is 0.937. The van der Waals surface area contributed by atoms with E-state index in [0.717, 1.165) is 5.69 Å². The van der Waals surface area contributed by atoms with Crippen LogP contribution in [-0.4, -0.2) is 6.72 Å². The Morgan fingerprint density at radius 3 is 2.17 bits per heavy atom. The third-order valence-electron chi connectivity index (χ3n) is 4.87. The van der Waals surface area contributed by atoms with E-state index < -0.39 is 0 Å². The van der Waals surface area contributed by atoms with Gasteiger partial charge in [-0.15, -0.1) is 0 Å². The highest BCUT2D eigenvalue weighted by Crippen LogP contribution is 2.41. The normalized spacial score (nSPS) is 11.1. The lowest BCUT2D eigenvalue weighted by atomic mass is 9.89. The second kappa shape index (κ2) is 5.61. The van der Waals surface area contributed by atoms with E-state index in [9.17, 15) is 0 Å². The molecule has 116 valence electrons. The summed E-state index contributed by atoms with van der Waals surface area (Å²) in [6.07, 6.45) is 0. The standard InChI is InChI=1S/C23H19N/c1-15-14-21(16(2)19-10-7-6-9-18(15)19)23-20-11-5-4-8-17(20)12-13-22(23)24-3/h4-14H,3H2,1-2H3. The number of hydrogen-bond donors (Lipinski definition) is 0. The van der Waals surface area contributed by atoms with Gasteiger partial charge in [-0.1, -0.05) is 60.7 Å². The van der Waals surface area contributed by atoms with Crippen molar-refractivity contribution in [2.75, 3.05) is 0 Å². The molecule has 0 heterocycles. The molecule has 24 heavy (non-hydrogen) atoms. The number of rotatable bonds is 2. The van der Waals surface area contributed by atoms with Gasteiger partial charge in [-0.3, -0.25) is 4.99 Å². The first-order valence-electron chi connectivity index (χ1n) is 8.18. The van der Waals surface area contributed by atoms with E-state index >= 15 is 0 Å². The molecule has 1 nitrogen and oxygen atoms in total. The lowest BCUT2D eigenvalue weighted by Gasteiger charge is -2.16. The first-order valence-corrected chi connectivity index (χ1v) is 8.18. The zero-order chi connectivity index (χ0) is 16.7. The summed E-state index contributed by atoms with van der Waals surface area (Å²) < 4.78 is 0. The molecule has 0 bridgehead atoms. The van der Waals surface area contributed by atoms with Gasteiger partial charge in [-0.05, 0) is 64.9 Å². The van der Waals surface area contributed by atoms with Crippen LogP contribution in [0.3, 0.4) is 0 Å². The molecule has 0 aliphatic heterocycles. The van der Waals surface area contributed by atoms with E-state index in [1.807, 2.05) is 0 Å². The number of aryl methyl sites for hydroxylation is 2. The molecule has 0 fully saturated rings. The molecule has 0 saturated carbocycles. The zero-order valence-electron chi connectivity index (χ0n) is 14.0. The Morgan fingerprint density at radius 2 is 1.42 bits per heavy atom. The monoisotopic (exact) mass is 309 g/mol. The molecule has 1 heteroatoms. The number of nitrogens with zero attached hydrogens (tertiary/aromatic N) is 1. The number of benzene rings is 4. The number of aliphatic imine (C=N–C) groups is 1. The largest absolute Gasteiger partial charge is 0.264 e. The predicted molar refractivity (Wildman–Crippen MR) is 106 cm³/mol. The summed E-state index contributed by atoms with van der Waals surface area (Å²) in [5, 5.41) is 5.06. The summed E-state index contributed by atoms with van der Waals surface area (Å²) in [6.45, 7) is 8.17. The Kier molecular flexibility index (Phi) is 3.42. The van der Waals surface area contributed by atoms with Gasteiger partial charge in [0.25, 0.3) is 0 Å². The van der Waals surface area contributed by atoms with Crippen molar-refractivity contribution in [3.05, 3.63) is 77.9 Å².